The third-order valence-electron chi connectivity index (χ3n) is 9.76. The Labute approximate surface area is 274 Å². The number of hydrogen-bond donors (Lipinski definition) is 2. The van der Waals surface area contributed by atoms with Crippen LogP contribution in [-0.2, 0) is 14.4 Å². The highest BCUT2D eigenvalue weighted by Gasteiger charge is 2.69. The molecule has 0 radical (unpaired) electrons. The van der Waals surface area contributed by atoms with E-state index in [1.165, 1.54) is 53.4 Å². The SMILES string of the molecule is O=C(COc1cccc([C@H]2c3sc(=O)[nH]c3SC3C2[C@H]2C[C@@H]3C3C(=O)N(c4ccc([N+](=O)[O-])cc4)C(=O)C32)c1)Nc1ccc(F)cc1. The molecule has 14 heteroatoms. The topological polar surface area (TPSA) is 152 Å². The van der Waals surface area contributed by atoms with Crippen LogP contribution in [0.4, 0.5) is 21.5 Å². The first kappa shape index (κ1) is 29.6. The summed E-state index contributed by atoms with van der Waals surface area (Å²) in [5.74, 6) is -2.48. The Kier molecular flexibility index (Phi) is 7.02. The lowest BCUT2D eigenvalue weighted by Gasteiger charge is -2.43. The standard InChI is InChI=1S/C33H25FN4O7S2/c34-16-4-6-17(7-5-16)35-23(39)14-45-20-3-1-2-15(12-20)24-25-21-13-22(28(25)46-30-29(24)47-33(42)36-30)27-26(21)31(40)37(32(27)41)18-8-10-19(11-9-18)38(43)44/h1-12,21-22,24-28H,13-14H2,(H,35,39)(H,36,42)/t21-,22-,24-,25?,26?,27?,28?/m1/s1. The van der Waals surface area contributed by atoms with Crippen LogP contribution in [0.15, 0.2) is 82.6 Å². The predicted octanol–water partition coefficient (Wildman–Crippen LogP) is 5.18. The maximum Gasteiger partial charge on any atom is 0.305 e. The molecule has 11 nitrogen and oxygen atoms in total. The number of ether oxygens (including phenoxy) is 1. The van der Waals surface area contributed by atoms with Crippen molar-refractivity contribution in [1.82, 2.24) is 4.98 Å². The third kappa shape index (κ3) is 4.85. The molecular weight excluding hydrogens is 648 g/mol. The van der Waals surface area contributed by atoms with E-state index in [-0.39, 0.29) is 57.9 Å². The number of rotatable bonds is 7. The molecule has 2 bridgehead atoms. The molecule has 2 aliphatic heterocycles. The van der Waals surface area contributed by atoms with Gasteiger partial charge in [0.25, 0.3) is 11.6 Å². The smallest absolute Gasteiger partial charge is 0.305 e. The van der Waals surface area contributed by atoms with Crippen LogP contribution in [0.5, 0.6) is 5.75 Å². The Morgan fingerprint density at radius 3 is 2.47 bits per heavy atom. The Bertz CT molecular complexity index is 2010. The number of amides is 3. The maximum atomic E-state index is 14.0. The number of nitro benzene ring substituents is 1. The minimum atomic E-state index is -0.529. The van der Waals surface area contributed by atoms with Gasteiger partial charge in [-0.3, -0.25) is 34.2 Å². The first-order valence-corrected chi connectivity index (χ1v) is 16.7. The van der Waals surface area contributed by atoms with E-state index in [2.05, 4.69) is 10.3 Å². The Balaban J connectivity index is 1.08. The van der Waals surface area contributed by atoms with Crippen LogP contribution in [0.25, 0.3) is 0 Å². The first-order valence-electron chi connectivity index (χ1n) is 15.0. The number of thioether (sulfide) groups is 1. The fourth-order valence-electron chi connectivity index (χ4n) is 8.04. The average Bonchev–Trinajstić information content (AvgIpc) is 3.80. The van der Waals surface area contributed by atoms with Crippen molar-refractivity contribution in [1.29, 1.82) is 0 Å². The number of anilines is 2. The molecule has 2 saturated carbocycles. The molecule has 1 aromatic heterocycles. The zero-order valence-electron chi connectivity index (χ0n) is 24.3. The fraction of sp³-hybridized carbons (Fsp3) is 0.273. The zero-order valence-corrected chi connectivity index (χ0v) is 26.0. The number of non-ortho nitro benzene ring substituents is 1. The summed E-state index contributed by atoms with van der Waals surface area (Å²) in [6.45, 7) is -0.278. The highest BCUT2D eigenvalue weighted by Crippen LogP contribution is 2.68. The summed E-state index contributed by atoms with van der Waals surface area (Å²) in [4.78, 5) is 68.4. The van der Waals surface area contributed by atoms with Gasteiger partial charge in [0.1, 0.15) is 11.6 Å². The van der Waals surface area contributed by atoms with Crippen LogP contribution in [0.3, 0.4) is 0 Å². The number of aromatic nitrogens is 1. The third-order valence-corrected chi connectivity index (χ3v) is 12.3. The van der Waals surface area contributed by atoms with Crippen LogP contribution in [-0.4, -0.2) is 39.5 Å². The van der Waals surface area contributed by atoms with E-state index in [9.17, 15) is 33.7 Å². The number of imide groups is 1. The van der Waals surface area contributed by atoms with Crippen LogP contribution in [0, 0.1) is 45.5 Å². The number of aromatic amines is 1. The molecule has 47 heavy (non-hydrogen) atoms. The molecule has 3 aromatic carbocycles. The highest BCUT2D eigenvalue weighted by molar-refractivity contribution is 8.00. The summed E-state index contributed by atoms with van der Waals surface area (Å²) >= 11 is 2.72. The van der Waals surface area contributed by atoms with E-state index in [4.69, 9.17) is 4.74 Å². The molecular formula is C33H25FN4O7S2. The molecule has 0 spiro atoms. The molecule has 3 heterocycles. The second-order valence-electron chi connectivity index (χ2n) is 12.2. The molecule has 3 amide bonds. The van der Waals surface area contributed by atoms with Crippen molar-refractivity contribution in [3.63, 3.8) is 0 Å². The summed E-state index contributed by atoms with van der Waals surface area (Å²) < 4.78 is 19.1. The van der Waals surface area contributed by atoms with Crippen molar-refractivity contribution in [2.24, 2.45) is 29.6 Å². The van der Waals surface area contributed by atoms with Gasteiger partial charge in [-0.15, -0.1) is 11.8 Å². The number of H-pyrrole nitrogens is 1. The number of carbonyl (C=O) groups is 3. The van der Waals surface area contributed by atoms with Gasteiger partial charge in [-0.2, -0.15) is 0 Å². The molecule has 2 N–H and O–H groups in total. The zero-order chi connectivity index (χ0) is 32.6. The number of halogens is 1. The number of nitrogens with one attached hydrogen (secondary N) is 2. The van der Waals surface area contributed by atoms with E-state index in [1.807, 2.05) is 18.2 Å². The Morgan fingerprint density at radius 1 is 1.02 bits per heavy atom. The monoisotopic (exact) mass is 672 g/mol. The Morgan fingerprint density at radius 2 is 1.74 bits per heavy atom. The van der Waals surface area contributed by atoms with E-state index in [1.54, 1.807) is 17.8 Å². The molecule has 1 saturated heterocycles. The van der Waals surface area contributed by atoms with Crippen LogP contribution < -0.4 is 19.8 Å². The van der Waals surface area contributed by atoms with Gasteiger partial charge < -0.3 is 15.0 Å². The molecule has 3 fully saturated rings. The van der Waals surface area contributed by atoms with E-state index >= 15 is 0 Å². The van der Waals surface area contributed by atoms with E-state index in [0.717, 1.165) is 26.8 Å². The maximum absolute atomic E-state index is 14.0. The molecule has 2 aliphatic carbocycles. The van der Waals surface area contributed by atoms with Crippen LogP contribution >= 0.6 is 23.1 Å². The van der Waals surface area contributed by atoms with Crippen molar-refractivity contribution >= 4 is 57.9 Å². The lowest BCUT2D eigenvalue weighted by molar-refractivity contribution is -0.384. The van der Waals surface area contributed by atoms with Crippen molar-refractivity contribution < 1.29 is 28.4 Å². The van der Waals surface area contributed by atoms with Crippen LogP contribution in [0.2, 0.25) is 0 Å². The van der Waals surface area contributed by atoms with Gasteiger partial charge in [-0.25, -0.2) is 4.39 Å². The lowest BCUT2D eigenvalue weighted by Crippen LogP contribution is -2.42. The summed E-state index contributed by atoms with van der Waals surface area (Å²) in [5.41, 5.74) is 1.51. The predicted molar refractivity (Wildman–Crippen MR) is 171 cm³/mol. The summed E-state index contributed by atoms with van der Waals surface area (Å²) in [7, 11) is 0. The number of carbonyl (C=O) groups excluding carboxylic acids is 3. The Hall–Kier alpha value is -4.82. The lowest BCUT2D eigenvalue weighted by atomic mass is 9.68. The normalized spacial score (nSPS) is 26.9. The summed E-state index contributed by atoms with van der Waals surface area (Å²) in [5, 5.41) is 14.6. The van der Waals surface area contributed by atoms with E-state index in [0.29, 0.717) is 23.5 Å². The summed E-state index contributed by atoms with van der Waals surface area (Å²) in [6.07, 6.45) is 0.707. The first-order chi connectivity index (χ1) is 22.7. The second kappa shape index (κ2) is 11.2. The molecule has 7 atom stereocenters. The van der Waals surface area contributed by atoms with Crippen molar-refractivity contribution in [2.45, 2.75) is 22.6 Å². The van der Waals surface area contributed by atoms with Crippen molar-refractivity contribution in [2.75, 3.05) is 16.8 Å². The molecule has 4 aromatic rings. The number of hydrogen-bond acceptors (Lipinski definition) is 9. The van der Waals surface area contributed by atoms with Crippen molar-refractivity contribution in [3.05, 3.63) is 109 Å². The number of nitrogens with zero attached hydrogens (tertiary/aromatic N) is 2. The van der Waals surface area contributed by atoms with Gasteiger partial charge in [0.15, 0.2) is 6.61 Å². The molecule has 4 unspecified atom stereocenters. The van der Waals surface area contributed by atoms with Gasteiger partial charge in [0.05, 0.1) is 27.5 Å². The molecule has 238 valence electrons. The number of fused-ring (bicyclic) bond motifs is 9. The number of nitro groups is 1. The fourth-order valence-corrected chi connectivity index (χ4v) is 10.9. The summed E-state index contributed by atoms with van der Waals surface area (Å²) in [6, 6.07) is 18.2. The quantitative estimate of drug-likeness (QED) is 0.155. The molecule has 8 rings (SSSR count). The van der Waals surface area contributed by atoms with Gasteiger partial charge in [0, 0.05) is 33.9 Å². The largest absolute Gasteiger partial charge is 0.484 e. The van der Waals surface area contributed by atoms with E-state index < -0.39 is 28.5 Å². The highest BCUT2D eigenvalue weighted by atomic mass is 32.2. The van der Waals surface area contributed by atoms with Crippen molar-refractivity contribution in [3.8, 4) is 5.75 Å². The van der Waals surface area contributed by atoms with Gasteiger partial charge in [-0.05, 0) is 78.3 Å². The van der Waals surface area contributed by atoms with Crippen LogP contribution in [0.1, 0.15) is 22.8 Å². The minimum absolute atomic E-state index is 0.0244. The number of benzene rings is 3. The minimum Gasteiger partial charge on any atom is -0.484 e. The van der Waals surface area contributed by atoms with Gasteiger partial charge >= 0.3 is 4.87 Å². The average molecular weight is 673 g/mol. The van der Waals surface area contributed by atoms with Gasteiger partial charge in [-0.1, -0.05) is 23.5 Å². The molecule has 4 aliphatic rings. The van der Waals surface area contributed by atoms with Gasteiger partial charge in [0.2, 0.25) is 11.8 Å². The number of thiazole rings is 1. The second-order valence-corrected chi connectivity index (χ2v) is 14.4.